The average Bonchev–Trinajstić information content (AvgIpc) is 3.02. The molecule has 1 atom stereocenters. The van der Waals surface area contributed by atoms with Gasteiger partial charge in [0.1, 0.15) is 0 Å². The first-order valence-electron chi connectivity index (χ1n) is 7.10. The lowest BCUT2D eigenvalue weighted by atomic mass is 9.99. The largest absolute Gasteiger partial charge is 0.372 e. The molecule has 0 bridgehead atoms. The molecule has 1 aliphatic heterocycles. The van der Waals surface area contributed by atoms with E-state index in [9.17, 15) is 8.78 Å². The van der Waals surface area contributed by atoms with Gasteiger partial charge in [-0.05, 0) is 30.2 Å². The van der Waals surface area contributed by atoms with E-state index in [1.54, 1.807) is 12.1 Å². The zero-order chi connectivity index (χ0) is 14.7. The summed E-state index contributed by atoms with van der Waals surface area (Å²) in [5.74, 6) is -1.64. The molecule has 4 heteroatoms. The van der Waals surface area contributed by atoms with Gasteiger partial charge in [0.2, 0.25) is 0 Å². The molecule has 21 heavy (non-hydrogen) atoms. The van der Waals surface area contributed by atoms with E-state index in [-0.39, 0.29) is 11.7 Å². The SMILES string of the molecule is Fc1cccc(-c2ccccc2CO[C@H]2CCNC2)c1F. The Labute approximate surface area is 122 Å². The van der Waals surface area contributed by atoms with Crippen LogP contribution in [0.15, 0.2) is 42.5 Å². The number of hydrogen-bond donors (Lipinski definition) is 1. The summed E-state index contributed by atoms with van der Waals surface area (Å²) in [5, 5.41) is 3.24. The monoisotopic (exact) mass is 289 g/mol. The third kappa shape index (κ3) is 3.12. The molecule has 3 rings (SSSR count). The van der Waals surface area contributed by atoms with Gasteiger partial charge in [0.05, 0.1) is 12.7 Å². The van der Waals surface area contributed by atoms with Crippen molar-refractivity contribution in [1.29, 1.82) is 0 Å². The van der Waals surface area contributed by atoms with Crippen LogP contribution in [0.4, 0.5) is 8.78 Å². The normalized spacial score (nSPS) is 18.1. The Bertz CT molecular complexity index is 624. The molecule has 0 spiro atoms. The highest BCUT2D eigenvalue weighted by Gasteiger charge is 2.17. The molecule has 1 heterocycles. The Kier molecular flexibility index (Phi) is 4.27. The number of halogens is 2. The fourth-order valence-electron chi connectivity index (χ4n) is 2.60. The molecule has 0 amide bonds. The van der Waals surface area contributed by atoms with E-state index in [0.29, 0.717) is 12.2 Å². The predicted molar refractivity (Wildman–Crippen MR) is 77.9 cm³/mol. The van der Waals surface area contributed by atoms with Crippen LogP contribution in [0, 0.1) is 11.6 Å². The van der Waals surface area contributed by atoms with Gasteiger partial charge in [0, 0.05) is 12.1 Å². The molecule has 1 aliphatic rings. The molecule has 2 aromatic carbocycles. The average molecular weight is 289 g/mol. The molecule has 1 fully saturated rings. The fourth-order valence-corrected chi connectivity index (χ4v) is 2.60. The van der Waals surface area contributed by atoms with Gasteiger partial charge in [-0.15, -0.1) is 0 Å². The molecule has 1 saturated heterocycles. The van der Waals surface area contributed by atoms with Crippen molar-refractivity contribution < 1.29 is 13.5 Å². The maximum Gasteiger partial charge on any atom is 0.166 e. The quantitative estimate of drug-likeness (QED) is 0.930. The van der Waals surface area contributed by atoms with Crippen LogP contribution in [-0.4, -0.2) is 19.2 Å². The molecule has 2 nitrogen and oxygen atoms in total. The molecule has 0 unspecified atom stereocenters. The van der Waals surface area contributed by atoms with E-state index in [1.165, 1.54) is 6.07 Å². The summed E-state index contributed by atoms with van der Waals surface area (Å²) in [6.45, 7) is 2.21. The van der Waals surface area contributed by atoms with E-state index >= 15 is 0 Å². The lowest BCUT2D eigenvalue weighted by molar-refractivity contribution is 0.0545. The zero-order valence-corrected chi connectivity index (χ0v) is 11.6. The first kappa shape index (κ1) is 14.2. The van der Waals surface area contributed by atoms with Gasteiger partial charge in [-0.25, -0.2) is 8.78 Å². The van der Waals surface area contributed by atoms with Gasteiger partial charge in [0.25, 0.3) is 0 Å². The van der Waals surface area contributed by atoms with Gasteiger partial charge < -0.3 is 10.1 Å². The Balaban J connectivity index is 1.86. The Hall–Kier alpha value is -1.78. The van der Waals surface area contributed by atoms with Gasteiger partial charge in [0.15, 0.2) is 11.6 Å². The van der Waals surface area contributed by atoms with Gasteiger partial charge >= 0.3 is 0 Å². The number of rotatable bonds is 4. The van der Waals surface area contributed by atoms with Crippen LogP contribution in [0.1, 0.15) is 12.0 Å². The van der Waals surface area contributed by atoms with Crippen molar-refractivity contribution in [1.82, 2.24) is 5.32 Å². The lowest BCUT2D eigenvalue weighted by Gasteiger charge is -2.14. The van der Waals surface area contributed by atoms with E-state index in [4.69, 9.17) is 4.74 Å². The molecule has 110 valence electrons. The molecule has 2 aromatic rings. The summed E-state index contributed by atoms with van der Waals surface area (Å²) >= 11 is 0. The van der Waals surface area contributed by atoms with Crippen LogP contribution in [-0.2, 0) is 11.3 Å². The number of hydrogen-bond acceptors (Lipinski definition) is 2. The van der Waals surface area contributed by atoms with Crippen molar-refractivity contribution in [3.63, 3.8) is 0 Å². The molecular formula is C17H17F2NO. The van der Waals surface area contributed by atoms with Gasteiger partial charge in [-0.3, -0.25) is 0 Å². The summed E-state index contributed by atoms with van der Waals surface area (Å²) in [7, 11) is 0. The van der Waals surface area contributed by atoms with Crippen molar-refractivity contribution in [3.8, 4) is 11.1 Å². The highest BCUT2D eigenvalue weighted by atomic mass is 19.2. The van der Waals surface area contributed by atoms with Crippen molar-refractivity contribution in [3.05, 3.63) is 59.7 Å². The van der Waals surface area contributed by atoms with Crippen LogP contribution >= 0.6 is 0 Å². The van der Waals surface area contributed by atoms with Crippen molar-refractivity contribution in [2.75, 3.05) is 13.1 Å². The van der Waals surface area contributed by atoms with Crippen LogP contribution in [0.2, 0.25) is 0 Å². The van der Waals surface area contributed by atoms with Crippen LogP contribution in [0.5, 0.6) is 0 Å². The maximum atomic E-state index is 14.0. The third-order valence-electron chi connectivity index (χ3n) is 3.75. The molecule has 0 radical (unpaired) electrons. The topological polar surface area (TPSA) is 21.3 Å². The van der Waals surface area contributed by atoms with E-state index in [0.717, 1.165) is 31.1 Å². The highest BCUT2D eigenvalue weighted by molar-refractivity contribution is 5.67. The minimum Gasteiger partial charge on any atom is -0.372 e. The minimum absolute atomic E-state index is 0.190. The second kappa shape index (κ2) is 6.33. The second-order valence-electron chi connectivity index (χ2n) is 5.18. The molecule has 0 aliphatic carbocycles. The number of nitrogens with one attached hydrogen (secondary N) is 1. The first-order chi connectivity index (χ1) is 10.3. The summed E-state index contributed by atoms with van der Waals surface area (Å²) in [6, 6.07) is 11.6. The van der Waals surface area contributed by atoms with Crippen LogP contribution in [0.3, 0.4) is 0 Å². The summed E-state index contributed by atoms with van der Waals surface area (Å²) < 4.78 is 33.2. The molecule has 0 aromatic heterocycles. The molecule has 1 N–H and O–H groups in total. The highest BCUT2D eigenvalue weighted by Crippen LogP contribution is 2.28. The second-order valence-corrected chi connectivity index (χ2v) is 5.18. The first-order valence-corrected chi connectivity index (χ1v) is 7.10. The standard InChI is InChI=1S/C17H17F2NO/c18-16-7-3-6-15(17(16)19)14-5-2-1-4-12(14)11-21-13-8-9-20-10-13/h1-7,13,20H,8-11H2/t13-/m0/s1. The van der Waals surface area contributed by atoms with E-state index in [1.807, 2.05) is 18.2 Å². The van der Waals surface area contributed by atoms with E-state index in [2.05, 4.69) is 5.32 Å². The summed E-state index contributed by atoms with van der Waals surface area (Å²) in [6.07, 6.45) is 1.17. The molecule has 0 saturated carbocycles. The fraction of sp³-hybridized carbons (Fsp3) is 0.294. The van der Waals surface area contributed by atoms with Crippen molar-refractivity contribution in [2.24, 2.45) is 0 Å². The van der Waals surface area contributed by atoms with Crippen LogP contribution < -0.4 is 5.32 Å². The smallest absolute Gasteiger partial charge is 0.166 e. The Morgan fingerprint density at radius 1 is 1.05 bits per heavy atom. The van der Waals surface area contributed by atoms with Gasteiger partial charge in [-0.1, -0.05) is 36.4 Å². The van der Waals surface area contributed by atoms with E-state index < -0.39 is 11.6 Å². The van der Waals surface area contributed by atoms with Crippen LogP contribution in [0.25, 0.3) is 11.1 Å². The molecular weight excluding hydrogens is 272 g/mol. The zero-order valence-electron chi connectivity index (χ0n) is 11.6. The summed E-state index contributed by atoms with van der Waals surface area (Å²) in [5.41, 5.74) is 1.83. The van der Waals surface area contributed by atoms with Gasteiger partial charge in [-0.2, -0.15) is 0 Å². The predicted octanol–water partition coefficient (Wildman–Crippen LogP) is 3.51. The summed E-state index contributed by atoms with van der Waals surface area (Å²) in [4.78, 5) is 0. The third-order valence-corrected chi connectivity index (χ3v) is 3.75. The maximum absolute atomic E-state index is 14.0. The lowest BCUT2D eigenvalue weighted by Crippen LogP contribution is -2.16. The van der Waals surface area contributed by atoms with Crippen molar-refractivity contribution >= 4 is 0 Å². The number of ether oxygens (including phenoxy) is 1. The minimum atomic E-state index is -0.830. The Morgan fingerprint density at radius 3 is 2.67 bits per heavy atom. The van der Waals surface area contributed by atoms with Crippen molar-refractivity contribution in [2.45, 2.75) is 19.1 Å². The Morgan fingerprint density at radius 2 is 1.86 bits per heavy atom. The number of benzene rings is 2.